The van der Waals surface area contributed by atoms with Gasteiger partial charge >= 0.3 is 0 Å². The van der Waals surface area contributed by atoms with Crippen LogP contribution in [0.15, 0.2) is 60.8 Å². The van der Waals surface area contributed by atoms with Crippen molar-refractivity contribution in [2.24, 2.45) is 5.92 Å². The SMILES string of the molecule is Clc1ccc(C(CCCCC2CCCCC2)Nc2cnc3ccccc3c2)cc1. The smallest absolute Gasteiger partial charge is 0.0703 e. The summed E-state index contributed by atoms with van der Waals surface area (Å²) in [5.74, 6) is 0.968. The normalized spacial score (nSPS) is 16.0. The average molecular weight is 407 g/mol. The molecule has 2 nitrogen and oxygen atoms in total. The lowest BCUT2D eigenvalue weighted by Gasteiger charge is -2.23. The van der Waals surface area contributed by atoms with E-state index in [2.05, 4.69) is 46.7 Å². The number of halogens is 1. The number of fused-ring (bicyclic) bond motifs is 1. The number of unbranched alkanes of at least 4 members (excludes halogenated alkanes) is 1. The Morgan fingerprint density at radius 3 is 2.59 bits per heavy atom. The third kappa shape index (κ3) is 5.73. The van der Waals surface area contributed by atoms with Gasteiger partial charge in [0.2, 0.25) is 0 Å². The Balaban J connectivity index is 1.41. The van der Waals surface area contributed by atoms with Crippen molar-refractivity contribution in [2.75, 3.05) is 5.32 Å². The topological polar surface area (TPSA) is 24.9 Å². The number of hydrogen-bond donors (Lipinski definition) is 1. The molecule has 1 heterocycles. The Kier molecular flexibility index (Phi) is 7.05. The monoisotopic (exact) mass is 406 g/mol. The zero-order valence-electron chi connectivity index (χ0n) is 17.1. The number of nitrogens with one attached hydrogen (secondary N) is 1. The third-order valence-corrected chi connectivity index (χ3v) is 6.54. The second-order valence-corrected chi connectivity index (χ2v) is 8.89. The summed E-state index contributed by atoms with van der Waals surface area (Å²) in [6, 6.07) is 19.0. The van der Waals surface area contributed by atoms with Gasteiger partial charge < -0.3 is 5.32 Å². The molecule has 1 fully saturated rings. The van der Waals surface area contributed by atoms with Gasteiger partial charge in [0.05, 0.1) is 23.4 Å². The molecule has 3 aromatic rings. The van der Waals surface area contributed by atoms with Gasteiger partial charge in [-0.25, -0.2) is 0 Å². The van der Waals surface area contributed by atoms with Crippen LogP contribution in [-0.2, 0) is 0 Å². The van der Waals surface area contributed by atoms with Crippen molar-refractivity contribution in [1.29, 1.82) is 0 Å². The van der Waals surface area contributed by atoms with Crippen molar-refractivity contribution in [3.05, 3.63) is 71.4 Å². The molecule has 0 saturated heterocycles. The highest BCUT2D eigenvalue weighted by Gasteiger charge is 2.15. The second kappa shape index (κ2) is 10.1. The minimum atomic E-state index is 0.279. The number of aromatic nitrogens is 1. The highest BCUT2D eigenvalue weighted by atomic mass is 35.5. The maximum atomic E-state index is 6.12. The number of rotatable bonds is 8. The van der Waals surface area contributed by atoms with Crippen molar-refractivity contribution < 1.29 is 0 Å². The quantitative estimate of drug-likeness (QED) is 0.381. The van der Waals surface area contributed by atoms with Gasteiger partial charge in [-0.1, -0.05) is 93.3 Å². The van der Waals surface area contributed by atoms with Gasteiger partial charge in [0.15, 0.2) is 0 Å². The largest absolute Gasteiger partial charge is 0.377 e. The van der Waals surface area contributed by atoms with Crippen molar-refractivity contribution in [2.45, 2.75) is 63.8 Å². The molecule has 29 heavy (non-hydrogen) atoms. The van der Waals surface area contributed by atoms with Crippen LogP contribution >= 0.6 is 11.6 Å². The van der Waals surface area contributed by atoms with Crippen LogP contribution in [0.2, 0.25) is 5.02 Å². The standard InChI is InChI=1S/C26H31ClN2/c27-23-16-14-21(15-17-23)26(13-6-4-10-20-8-2-1-3-9-20)29-24-18-22-11-5-7-12-25(22)28-19-24/h5,7,11-12,14-20,26,29H,1-4,6,8-10,13H2. The number of pyridine rings is 1. The Bertz CT molecular complexity index is 900. The molecule has 1 saturated carbocycles. The first-order valence-corrected chi connectivity index (χ1v) is 11.5. The highest BCUT2D eigenvalue weighted by Crippen LogP contribution is 2.30. The Hall–Kier alpha value is -2.06. The molecule has 0 spiro atoms. The molecule has 0 bridgehead atoms. The van der Waals surface area contributed by atoms with Gasteiger partial charge in [0, 0.05) is 10.4 Å². The van der Waals surface area contributed by atoms with Crippen LogP contribution in [0.3, 0.4) is 0 Å². The van der Waals surface area contributed by atoms with E-state index in [1.807, 2.05) is 24.4 Å². The van der Waals surface area contributed by atoms with Gasteiger partial charge in [0.1, 0.15) is 0 Å². The van der Waals surface area contributed by atoms with Crippen LogP contribution in [0.25, 0.3) is 10.9 Å². The van der Waals surface area contributed by atoms with E-state index in [9.17, 15) is 0 Å². The van der Waals surface area contributed by atoms with Gasteiger partial charge in [-0.2, -0.15) is 0 Å². The zero-order valence-corrected chi connectivity index (χ0v) is 17.9. The minimum Gasteiger partial charge on any atom is -0.377 e. The van der Waals surface area contributed by atoms with Crippen molar-refractivity contribution in [3.63, 3.8) is 0 Å². The van der Waals surface area contributed by atoms with E-state index >= 15 is 0 Å². The molecule has 1 aliphatic rings. The van der Waals surface area contributed by atoms with Crippen LogP contribution in [-0.4, -0.2) is 4.98 Å². The Morgan fingerprint density at radius 1 is 0.966 bits per heavy atom. The molecule has 2 aromatic carbocycles. The van der Waals surface area contributed by atoms with E-state index in [0.29, 0.717) is 0 Å². The number of benzene rings is 2. The Morgan fingerprint density at radius 2 is 1.76 bits per heavy atom. The molecule has 1 aromatic heterocycles. The van der Waals surface area contributed by atoms with E-state index < -0.39 is 0 Å². The molecule has 0 radical (unpaired) electrons. The number of nitrogens with zero attached hydrogens (tertiary/aromatic N) is 1. The lowest BCUT2D eigenvalue weighted by molar-refractivity contribution is 0.327. The molecule has 1 N–H and O–H groups in total. The molecule has 3 heteroatoms. The third-order valence-electron chi connectivity index (χ3n) is 6.28. The summed E-state index contributed by atoms with van der Waals surface area (Å²) in [6.45, 7) is 0. The first-order valence-electron chi connectivity index (χ1n) is 11.1. The fourth-order valence-electron chi connectivity index (χ4n) is 4.63. The van der Waals surface area contributed by atoms with Gasteiger partial charge in [0.25, 0.3) is 0 Å². The maximum Gasteiger partial charge on any atom is 0.0703 e. The maximum absolute atomic E-state index is 6.12. The zero-order chi connectivity index (χ0) is 19.9. The fourth-order valence-corrected chi connectivity index (χ4v) is 4.75. The summed E-state index contributed by atoms with van der Waals surface area (Å²) in [5.41, 5.74) is 3.41. The fraction of sp³-hybridized carbons (Fsp3) is 0.423. The molecular formula is C26H31ClN2. The van der Waals surface area contributed by atoms with Gasteiger partial charge in [-0.05, 0) is 42.2 Å². The summed E-state index contributed by atoms with van der Waals surface area (Å²) in [4.78, 5) is 4.62. The molecule has 152 valence electrons. The van der Waals surface area contributed by atoms with Gasteiger partial charge in [-0.3, -0.25) is 4.98 Å². The molecule has 1 aliphatic carbocycles. The summed E-state index contributed by atoms with van der Waals surface area (Å²) < 4.78 is 0. The van der Waals surface area contributed by atoms with Crippen LogP contribution in [0.4, 0.5) is 5.69 Å². The van der Waals surface area contributed by atoms with E-state index in [4.69, 9.17) is 11.6 Å². The molecular weight excluding hydrogens is 376 g/mol. The first kappa shape index (κ1) is 20.2. The molecule has 0 amide bonds. The summed E-state index contributed by atoms with van der Waals surface area (Å²) in [5, 5.41) is 5.70. The summed E-state index contributed by atoms with van der Waals surface area (Å²) >= 11 is 6.12. The predicted octanol–water partition coefficient (Wildman–Crippen LogP) is 8.18. The highest BCUT2D eigenvalue weighted by molar-refractivity contribution is 6.30. The molecule has 0 aliphatic heterocycles. The lowest BCUT2D eigenvalue weighted by atomic mass is 9.85. The molecule has 1 unspecified atom stereocenters. The molecule has 1 atom stereocenters. The Labute approximate surface area is 179 Å². The van der Waals surface area contributed by atoms with Crippen LogP contribution in [0.5, 0.6) is 0 Å². The predicted molar refractivity (Wildman–Crippen MR) is 125 cm³/mol. The first-order chi connectivity index (χ1) is 14.3. The van der Waals surface area contributed by atoms with E-state index in [1.165, 1.54) is 62.3 Å². The van der Waals surface area contributed by atoms with Crippen LogP contribution in [0, 0.1) is 5.92 Å². The van der Waals surface area contributed by atoms with Crippen molar-refractivity contribution in [1.82, 2.24) is 4.98 Å². The summed E-state index contributed by atoms with van der Waals surface area (Å²) in [7, 11) is 0. The van der Waals surface area contributed by atoms with Crippen molar-refractivity contribution >= 4 is 28.2 Å². The van der Waals surface area contributed by atoms with E-state index in [1.54, 1.807) is 0 Å². The minimum absolute atomic E-state index is 0.279. The number of anilines is 1. The second-order valence-electron chi connectivity index (χ2n) is 8.45. The average Bonchev–Trinajstić information content (AvgIpc) is 2.77. The van der Waals surface area contributed by atoms with Gasteiger partial charge in [-0.15, -0.1) is 0 Å². The summed E-state index contributed by atoms with van der Waals surface area (Å²) in [6.07, 6.45) is 14.3. The van der Waals surface area contributed by atoms with Crippen LogP contribution < -0.4 is 5.32 Å². The lowest BCUT2D eigenvalue weighted by Crippen LogP contribution is -2.12. The van der Waals surface area contributed by atoms with E-state index in [-0.39, 0.29) is 6.04 Å². The molecule has 4 rings (SSSR count). The van der Waals surface area contributed by atoms with E-state index in [0.717, 1.165) is 28.6 Å². The number of hydrogen-bond acceptors (Lipinski definition) is 2. The van der Waals surface area contributed by atoms with Crippen LogP contribution in [0.1, 0.15) is 69.4 Å². The number of para-hydroxylation sites is 1. The van der Waals surface area contributed by atoms with Crippen molar-refractivity contribution in [3.8, 4) is 0 Å².